The smallest absolute Gasteiger partial charge is 0.233 e. The standard InChI is InChI=1S/C19H21NO4S/c1-23-14-8-9-17(24-2)15(10-14)19-20(18(22)12-25-19)11-16(21)13-6-4-3-5-7-13/h3-10,16,19,21H,11-12H2,1-2H3. The molecule has 1 N–H and O–H groups in total. The molecule has 25 heavy (non-hydrogen) atoms. The predicted octanol–water partition coefficient (Wildman–Crippen LogP) is 3.01. The SMILES string of the molecule is COc1ccc(OC)c(C2SCC(=O)N2CC(O)c2ccccc2)c1. The van der Waals surface area contributed by atoms with Crippen LogP contribution in [0.1, 0.15) is 22.6 Å². The molecule has 0 bridgehead atoms. The molecule has 3 rings (SSSR count). The van der Waals surface area contributed by atoms with E-state index in [0.717, 1.165) is 11.1 Å². The van der Waals surface area contributed by atoms with E-state index in [-0.39, 0.29) is 17.8 Å². The van der Waals surface area contributed by atoms with Crippen LogP contribution in [0.3, 0.4) is 0 Å². The second-order valence-electron chi connectivity index (χ2n) is 5.74. The number of benzene rings is 2. The number of methoxy groups -OCH3 is 2. The lowest BCUT2D eigenvalue weighted by Gasteiger charge is -2.28. The lowest BCUT2D eigenvalue weighted by atomic mass is 10.1. The van der Waals surface area contributed by atoms with Crippen molar-refractivity contribution in [3.8, 4) is 11.5 Å². The maximum absolute atomic E-state index is 12.4. The summed E-state index contributed by atoms with van der Waals surface area (Å²) in [4.78, 5) is 14.1. The number of amides is 1. The summed E-state index contributed by atoms with van der Waals surface area (Å²) in [6.07, 6.45) is -0.733. The molecule has 1 heterocycles. The summed E-state index contributed by atoms with van der Waals surface area (Å²) >= 11 is 1.53. The van der Waals surface area contributed by atoms with Crippen LogP contribution in [0.4, 0.5) is 0 Å². The summed E-state index contributed by atoms with van der Waals surface area (Å²) in [5, 5.41) is 10.3. The number of thioether (sulfide) groups is 1. The fourth-order valence-corrected chi connectivity index (χ4v) is 4.12. The van der Waals surface area contributed by atoms with Crippen LogP contribution in [0.25, 0.3) is 0 Å². The molecule has 2 atom stereocenters. The number of nitrogens with zero attached hydrogens (tertiary/aromatic N) is 1. The molecule has 6 heteroatoms. The Labute approximate surface area is 151 Å². The van der Waals surface area contributed by atoms with Crippen molar-refractivity contribution < 1.29 is 19.4 Å². The summed E-state index contributed by atoms with van der Waals surface area (Å²) in [5.41, 5.74) is 1.67. The van der Waals surface area contributed by atoms with Gasteiger partial charge in [0.05, 0.1) is 32.6 Å². The van der Waals surface area contributed by atoms with Gasteiger partial charge in [-0.25, -0.2) is 0 Å². The van der Waals surface area contributed by atoms with Crippen LogP contribution in [0, 0.1) is 0 Å². The zero-order valence-corrected chi connectivity index (χ0v) is 15.0. The highest BCUT2D eigenvalue weighted by molar-refractivity contribution is 8.00. The van der Waals surface area contributed by atoms with Gasteiger partial charge in [0, 0.05) is 5.56 Å². The molecule has 2 unspecified atom stereocenters. The number of hydrogen-bond donors (Lipinski definition) is 1. The first-order valence-electron chi connectivity index (χ1n) is 8.00. The van der Waals surface area contributed by atoms with Crippen LogP contribution in [0.2, 0.25) is 0 Å². The summed E-state index contributed by atoms with van der Waals surface area (Å²) in [6.45, 7) is 0.237. The number of ether oxygens (including phenoxy) is 2. The van der Waals surface area contributed by atoms with Gasteiger partial charge in [-0.2, -0.15) is 0 Å². The molecule has 5 nitrogen and oxygen atoms in total. The molecular weight excluding hydrogens is 338 g/mol. The maximum atomic E-state index is 12.4. The maximum Gasteiger partial charge on any atom is 0.233 e. The Hall–Kier alpha value is -2.18. The molecule has 0 spiro atoms. The van der Waals surface area contributed by atoms with Gasteiger partial charge < -0.3 is 19.5 Å². The van der Waals surface area contributed by atoms with Crippen molar-refractivity contribution >= 4 is 17.7 Å². The number of β-amino-alcohol motifs (C(OH)–C–C–N with tert-alkyl or cyclic N) is 1. The Morgan fingerprint density at radius 2 is 1.96 bits per heavy atom. The van der Waals surface area contributed by atoms with E-state index in [0.29, 0.717) is 17.3 Å². The first kappa shape index (κ1) is 17.6. The minimum absolute atomic E-state index is 0.00912. The molecule has 1 amide bonds. The molecule has 0 aromatic heterocycles. The van der Waals surface area contributed by atoms with Gasteiger partial charge in [0.2, 0.25) is 5.91 Å². The van der Waals surface area contributed by atoms with E-state index in [1.807, 2.05) is 48.5 Å². The lowest BCUT2D eigenvalue weighted by Crippen LogP contribution is -2.32. The fourth-order valence-electron chi connectivity index (χ4n) is 2.91. The second-order valence-corrected chi connectivity index (χ2v) is 6.81. The van der Waals surface area contributed by atoms with Crippen molar-refractivity contribution in [2.45, 2.75) is 11.5 Å². The van der Waals surface area contributed by atoms with Gasteiger partial charge in [0.25, 0.3) is 0 Å². The Kier molecular flexibility index (Phi) is 5.50. The predicted molar refractivity (Wildman–Crippen MR) is 97.9 cm³/mol. The third-order valence-electron chi connectivity index (χ3n) is 4.22. The summed E-state index contributed by atoms with van der Waals surface area (Å²) in [5.74, 6) is 1.80. The zero-order valence-electron chi connectivity index (χ0n) is 14.2. The number of aliphatic hydroxyl groups is 1. The Bertz CT molecular complexity index is 737. The summed E-state index contributed by atoms with van der Waals surface area (Å²) < 4.78 is 10.8. The van der Waals surface area contributed by atoms with Crippen LogP contribution in [0.5, 0.6) is 11.5 Å². The van der Waals surface area contributed by atoms with Gasteiger partial charge >= 0.3 is 0 Å². The van der Waals surface area contributed by atoms with Crippen LogP contribution in [-0.2, 0) is 4.79 Å². The second kappa shape index (κ2) is 7.80. The Morgan fingerprint density at radius 3 is 2.64 bits per heavy atom. The van der Waals surface area contributed by atoms with Crippen molar-refractivity contribution in [2.24, 2.45) is 0 Å². The van der Waals surface area contributed by atoms with E-state index in [2.05, 4.69) is 0 Å². The average Bonchev–Trinajstić information content (AvgIpc) is 3.02. The van der Waals surface area contributed by atoms with Gasteiger partial charge in [-0.3, -0.25) is 4.79 Å². The van der Waals surface area contributed by atoms with Crippen LogP contribution in [0.15, 0.2) is 48.5 Å². The van der Waals surface area contributed by atoms with Crippen LogP contribution in [-0.4, -0.2) is 42.4 Å². The van der Waals surface area contributed by atoms with Crippen molar-refractivity contribution in [1.82, 2.24) is 4.90 Å². The minimum Gasteiger partial charge on any atom is -0.497 e. The van der Waals surface area contributed by atoms with E-state index >= 15 is 0 Å². The van der Waals surface area contributed by atoms with Crippen molar-refractivity contribution in [1.29, 1.82) is 0 Å². The van der Waals surface area contributed by atoms with Crippen molar-refractivity contribution in [3.63, 3.8) is 0 Å². The third-order valence-corrected chi connectivity index (χ3v) is 5.46. The molecule has 0 radical (unpaired) electrons. The highest BCUT2D eigenvalue weighted by Crippen LogP contribution is 2.44. The minimum atomic E-state index is -0.733. The molecule has 2 aromatic rings. The first-order chi connectivity index (χ1) is 12.1. The largest absolute Gasteiger partial charge is 0.497 e. The van der Waals surface area contributed by atoms with Gasteiger partial charge in [-0.05, 0) is 23.8 Å². The first-order valence-corrected chi connectivity index (χ1v) is 9.05. The lowest BCUT2D eigenvalue weighted by molar-refractivity contribution is -0.129. The molecule has 2 aromatic carbocycles. The van der Waals surface area contributed by atoms with E-state index < -0.39 is 6.10 Å². The van der Waals surface area contributed by atoms with Crippen molar-refractivity contribution in [3.05, 3.63) is 59.7 Å². The monoisotopic (exact) mass is 359 g/mol. The van der Waals surface area contributed by atoms with Crippen LogP contribution >= 0.6 is 11.8 Å². The molecular formula is C19H21NO4S. The van der Waals surface area contributed by atoms with Gasteiger partial charge in [-0.15, -0.1) is 11.8 Å². The molecule has 1 fully saturated rings. The normalized spacial score (nSPS) is 18.3. The third kappa shape index (κ3) is 3.75. The molecule has 1 saturated heterocycles. The number of hydrogen-bond acceptors (Lipinski definition) is 5. The van der Waals surface area contributed by atoms with Gasteiger partial charge in [0.15, 0.2) is 0 Å². The van der Waals surface area contributed by atoms with E-state index in [1.54, 1.807) is 19.1 Å². The molecule has 1 aliphatic rings. The highest BCUT2D eigenvalue weighted by Gasteiger charge is 2.36. The number of carbonyl (C=O) groups is 1. The summed E-state index contributed by atoms with van der Waals surface area (Å²) in [7, 11) is 3.21. The van der Waals surface area contributed by atoms with E-state index in [9.17, 15) is 9.90 Å². The van der Waals surface area contributed by atoms with Gasteiger partial charge in [0.1, 0.15) is 16.9 Å². The zero-order chi connectivity index (χ0) is 17.8. The molecule has 1 aliphatic heterocycles. The quantitative estimate of drug-likeness (QED) is 0.859. The summed E-state index contributed by atoms with van der Waals surface area (Å²) in [6, 6.07) is 14.9. The van der Waals surface area contributed by atoms with E-state index in [1.165, 1.54) is 11.8 Å². The molecule has 0 saturated carbocycles. The molecule has 0 aliphatic carbocycles. The number of aliphatic hydroxyl groups excluding tert-OH is 1. The highest BCUT2D eigenvalue weighted by atomic mass is 32.2. The molecule has 132 valence electrons. The fraction of sp³-hybridized carbons (Fsp3) is 0.316. The van der Waals surface area contributed by atoms with Gasteiger partial charge in [-0.1, -0.05) is 30.3 Å². The van der Waals surface area contributed by atoms with E-state index in [4.69, 9.17) is 9.47 Å². The number of rotatable bonds is 6. The van der Waals surface area contributed by atoms with Crippen molar-refractivity contribution in [2.75, 3.05) is 26.5 Å². The number of carbonyl (C=O) groups excluding carboxylic acids is 1. The Balaban J connectivity index is 1.87. The topological polar surface area (TPSA) is 59.0 Å². The van der Waals surface area contributed by atoms with Crippen LogP contribution < -0.4 is 9.47 Å². The Morgan fingerprint density at radius 1 is 1.20 bits per heavy atom. The average molecular weight is 359 g/mol.